The van der Waals surface area contributed by atoms with E-state index >= 15 is 0 Å². The Balaban J connectivity index is 2.20. The fourth-order valence-corrected chi connectivity index (χ4v) is 5.14. The van der Waals surface area contributed by atoms with Crippen LogP contribution in [0.5, 0.6) is 5.75 Å². The molecule has 0 aliphatic carbocycles. The molecule has 2 rings (SSSR count). The first kappa shape index (κ1) is 15.4. The van der Waals surface area contributed by atoms with Crippen LogP contribution in [0.2, 0.25) is 0 Å². The average Bonchev–Trinajstić information content (AvgIpc) is 3.07. The Bertz CT molecular complexity index is 676. The van der Waals surface area contributed by atoms with Crippen LogP contribution in [0.1, 0.15) is 30.6 Å². The van der Waals surface area contributed by atoms with Gasteiger partial charge in [0.05, 0.1) is 18.8 Å². The van der Waals surface area contributed by atoms with Gasteiger partial charge in [0.1, 0.15) is 10.8 Å². The van der Waals surface area contributed by atoms with Crippen LogP contribution in [-0.4, -0.2) is 20.5 Å². The van der Waals surface area contributed by atoms with Gasteiger partial charge >= 0.3 is 0 Å². The van der Waals surface area contributed by atoms with Crippen molar-refractivity contribution >= 4 is 32.7 Å². The lowest BCUT2D eigenvalue weighted by molar-refractivity contribution is 0.406. The third kappa shape index (κ3) is 3.20. The number of aryl methyl sites for hydroxylation is 1. The average molecular weight is 332 g/mol. The van der Waals surface area contributed by atoms with Gasteiger partial charge in [-0.25, -0.2) is 18.1 Å². The van der Waals surface area contributed by atoms with Crippen LogP contribution in [0.4, 0.5) is 0 Å². The normalized spacial score (nSPS) is 13.3. The van der Waals surface area contributed by atoms with E-state index in [1.54, 1.807) is 18.4 Å². The number of methoxy groups -OCH3 is 1. The Morgan fingerprint density at radius 2 is 2.20 bits per heavy atom. The lowest BCUT2D eigenvalue weighted by Crippen LogP contribution is -2.26. The summed E-state index contributed by atoms with van der Waals surface area (Å²) >= 11 is 2.60. The van der Waals surface area contributed by atoms with Gasteiger partial charge in [-0.3, -0.25) is 0 Å². The van der Waals surface area contributed by atoms with E-state index < -0.39 is 10.0 Å². The summed E-state index contributed by atoms with van der Waals surface area (Å²) in [6, 6.07) is 1.28. The molecule has 0 unspecified atom stereocenters. The maximum atomic E-state index is 12.3. The topological polar surface area (TPSA) is 68.3 Å². The van der Waals surface area contributed by atoms with Crippen molar-refractivity contribution in [3.05, 3.63) is 27.5 Å². The molecule has 0 amide bonds. The number of ether oxygens (including phenoxy) is 1. The molecule has 5 nitrogen and oxygen atoms in total. The second-order valence-electron chi connectivity index (χ2n) is 4.15. The van der Waals surface area contributed by atoms with E-state index in [2.05, 4.69) is 9.71 Å². The first-order valence-electron chi connectivity index (χ1n) is 6.06. The highest BCUT2D eigenvalue weighted by molar-refractivity contribution is 7.91. The minimum atomic E-state index is -3.59. The smallest absolute Gasteiger partial charge is 0.254 e. The van der Waals surface area contributed by atoms with Gasteiger partial charge in [0.2, 0.25) is 0 Å². The van der Waals surface area contributed by atoms with Crippen LogP contribution in [0.3, 0.4) is 0 Å². The van der Waals surface area contributed by atoms with E-state index in [0.717, 1.165) is 28.5 Å². The van der Waals surface area contributed by atoms with E-state index in [-0.39, 0.29) is 10.3 Å². The molecule has 20 heavy (non-hydrogen) atoms. The van der Waals surface area contributed by atoms with Crippen LogP contribution in [-0.2, 0) is 16.4 Å². The molecule has 1 atom stereocenters. The van der Waals surface area contributed by atoms with E-state index in [4.69, 9.17) is 4.74 Å². The highest BCUT2D eigenvalue weighted by atomic mass is 32.2. The molecule has 0 saturated heterocycles. The third-order valence-electron chi connectivity index (χ3n) is 2.69. The Labute approximate surface area is 126 Å². The first-order valence-corrected chi connectivity index (χ1v) is 9.30. The summed E-state index contributed by atoms with van der Waals surface area (Å²) < 4.78 is 32.5. The minimum Gasteiger partial charge on any atom is -0.494 e. The van der Waals surface area contributed by atoms with Crippen LogP contribution >= 0.6 is 22.7 Å². The number of thiazole rings is 1. The van der Waals surface area contributed by atoms with Crippen LogP contribution < -0.4 is 9.46 Å². The van der Waals surface area contributed by atoms with Gasteiger partial charge in [0.25, 0.3) is 10.0 Å². The van der Waals surface area contributed by atoms with Crippen molar-refractivity contribution in [2.45, 2.75) is 30.5 Å². The molecule has 0 aliphatic heterocycles. The van der Waals surface area contributed by atoms with Gasteiger partial charge < -0.3 is 4.74 Å². The molecule has 0 radical (unpaired) electrons. The molecule has 0 aliphatic rings. The molecule has 0 fully saturated rings. The maximum Gasteiger partial charge on any atom is 0.254 e. The zero-order valence-corrected chi connectivity index (χ0v) is 13.9. The Hall–Kier alpha value is -0.960. The molecule has 0 aromatic carbocycles. The molecule has 0 saturated carbocycles. The molecule has 0 spiro atoms. The zero-order chi connectivity index (χ0) is 14.8. The first-order chi connectivity index (χ1) is 9.47. The summed E-state index contributed by atoms with van der Waals surface area (Å²) in [6.07, 6.45) is 0.842. The van der Waals surface area contributed by atoms with Gasteiger partial charge in [-0.05, 0) is 24.8 Å². The number of aromatic nitrogens is 1. The molecule has 110 valence electrons. The number of rotatable bonds is 6. The summed E-state index contributed by atoms with van der Waals surface area (Å²) in [6.45, 7) is 3.81. The molecule has 0 bridgehead atoms. The lowest BCUT2D eigenvalue weighted by atomic mass is 10.3. The fourth-order valence-electron chi connectivity index (χ4n) is 1.65. The van der Waals surface area contributed by atoms with Crippen LogP contribution in [0.15, 0.2) is 21.0 Å². The summed E-state index contributed by atoms with van der Waals surface area (Å²) in [5.41, 5.74) is 0.977. The van der Waals surface area contributed by atoms with Crippen molar-refractivity contribution in [1.82, 2.24) is 9.71 Å². The number of hydrogen-bond donors (Lipinski definition) is 1. The van der Waals surface area contributed by atoms with Crippen molar-refractivity contribution in [2.24, 2.45) is 0 Å². The van der Waals surface area contributed by atoms with E-state index in [1.807, 2.05) is 12.3 Å². The number of sulfonamides is 1. The molecule has 8 heteroatoms. The predicted molar refractivity (Wildman–Crippen MR) is 81.1 cm³/mol. The van der Waals surface area contributed by atoms with Crippen molar-refractivity contribution < 1.29 is 13.2 Å². The minimum absolute atomic E-state index is 0.194. The number of hydrogen-bond acceptors (Lipinski definition) is 6. The van der Waals surface area contributed by atoms with Crippen LogP contribution in [0.25, 0.3) is 0 Å². The predicted octanol–water partition coefficient (Wildman–Crippen LogP) is 2.82. The van der Waals surface area contributed by atoms with E-state index in [0.29, 0.717) is 5.75 Å². The number of nitrogens with zero attached hydrogens (tertiary/aromatic N) is 1. The second kappa shape index (κ2) is 6.21. The van der Waals surface area contributed by atoms with Gasteiger partial charge in [-0.15, -0.1) is 22.7 Å². The van der Waals surface area contributed by atoms with Gasteiger partial charge in [0, 0.05) is 5.38 Å². The lowest BCUT2D eigenvalue weighted by Gasteiger charge is -2.11. The molecule has 1 N–H and O–H groups in total. The van der Waals surface area contributed by atoms with Crippen molar-refractivity contribution in [2.75, 3.05) is 7.11 Å². The fraction of sp³-hybridized carbons (Fsp3) is 0.417. The van der Waals surface area contributed by atoms with Gasteiger partial charge in [-0.2, -0.15) is 0 Å². The quantitative estimate of drug-likeness (QED) is 0.883. The Kier molecular flexibility index (Phi) is 4.79. The second-order valence-corrected chi connectivity index (χ2v) is 7.87. The Morgan fingerprint density at radius 3 is 2.80 bits per heavy atom. The van der Waals surface area contributed by atoms with Gasteiger partial charge in [-0.1, -0.05) is 6.92 Å². The van der Waals surface area contributed by atoms with Crippen LogP contribution in [0, 0.1) is 0 Å². The maximum absolute atomic E-state index is 12.3. The highest BCUT2D eigenvalue weighted by Gasteiger charge is 2.24. The molecule has 2 heterocycles. The van der Waals surface area contributed by atoms with Crippen molar-refractivity contribution in [1.29, 1.82) is 0 Å². The standard InChI is InChI=1S/C12H16N2O3S3/c1-4-9-7-19-11(13-9)8(2)14-20(15,16)12-10(17-3)5-6-18-12/h5-8,14H,4H2,1-3H3/t8-/m0/s1. The number of thiophene rings is 1. The monoisotopic (exact) mass is 332 g/mol. The SMILES string of the molecule is CCc1csc([C@H](C)NS(=O)(=O)c2sccc2OC)n1. The van der Waals surface area contributed by atoms with E-state index in [1.165, 1.54) is 18.4 Å². The highest BCUT2D eigenvalue weighted by Crippen LogP contribution is 2.30. The zero-order valence-electron chi connectivity index (χ0n) is 11.4. The summed E-state index contributed by atoms with van der Waals surface area (Å²) in [7, 11) is -2.14. The van der Waals surface area contributed by atoms with Crippen molar-refractivity contribution in [3.63, 3.8) is 0 Å². The summed E-state index contributed by atoms with van der Waals surface area (Å²) in [5, 5.41) is 4.41. The summed E-state index contributed by atoms with van der Waals surface area (Å²) in [4.78, 5) is 4.40. The largest absolute Gasteiger partial charge is 0.494 e. The third-order valence-corrected chi connectivity index (χ3v) is 6.76. The Morgan fingerprint density at radius 1 is 1.45 bits per heavy atom. The van der Waals surface area contributed by atoms with Crippen molar-refractivity contribution in [3.8, 4) is 5.75 Å². The summed E-state index contributed by atoms with van der Waals surface area (Å²) in [5.74, 6) is 0.364. The molecule has 2 aromatic heterocycles. The molecular formula is C12H16N2O3S3. The number of nitrogens with one attached hydrogen (secondary N) is 1. The van der Waals surface area contributed by atoms with Gasteiger partial charge in [0.15, 0.2) is 4.21 Å². The molecule has 2 aromatic rings. The van der Waals surface area contributed by atoms with E-state index in [9.17, 15) is 8.42 Å². The molecular weight excluding hydrogens is 316 g/mol.